The molecular weight excluding hydrogens is 975 g/mol. The molecule has 4 heterocycles. The molecule has 0 bridgehead atoms. The highest BCUT2D eigenvalue weighted by atomic mass is 32.1. The lowest BCUT2D eigenvalue weighted by Crippen LogP contribution is -1.94. The van der Waals surface area contributed by atoms with Gasteiger partial charge in [0.15, 0.2) is 0 Å². The lowest BCUT2D eigenvalue weighted by molar-refractivity contribution is 1.33. The van der Waals surface area contributed by atoms with Crippen molar-refractivity contribution in [1.29, 1.82) is 0 Å². The Bertz CT molecular complexity index is 4350. The first-order valence-electron chi connectivity index (χ1n) is 26.7. The lowest BCUT2D eigenvalue weighted by Gasteiger charge is -2.19. The summed E-state index contributed by atoms with van der Waals surface area (Å²) in [6.07, 6.45) is 5.66. The Hall–Kier alpha value is -10.1. The van der Waals surface area contributed by atoms with Crippen LogP contribution in [0.3, 0.4) is 0 Å². The predicted octanol–water partition coefficient (Wildman–Crippen LogP) is 20.6. The summed E-state index contributed by atoms with van der Waals surface area (Å²) >= 11 is 1.81. The first kappa shape index (κ1) is 47.3. The van der Waals surface area contributed by atoms with Crippen molar-refractivity contribution >= 4 is 31.5 Å². The third-order valence-electron chi connectivity index (χ3n) is 15.1. The van der Waals surface area contributed by atoms with E-state index in [1.54, 1.807) is 0 Å². The molecule has 4 aromatic heterocycles. The molecule has 0 atom stereocenters. The Morgan fingerprint density at radius 1 is 0.215 bits per heavy atom. The molecule has 0 radical (unpaired) electrons. The van der Waals surface area contributed by atoms with Crippen LogP contribution in [0.4, 0.5) is 0 Å². The number of rotatable bonds is 11. The summed E-state index contributed by atoms with van der Waals surface area (Å²) in [5, 5.41) is 2.49. The molecule has 14 rings (SSSR count). The van der Waals surface area contributed by atoms with E-state index in [9.17, 15) is 0 Å². The number of aromatic nitrogens is 3. The van der Waals surface area contributed by atoms with Gasteiger partial charge in [0, 0.05) is 50.8 Å². The molecule has 4 heteroatoms. The van der Waals surface area contributed by atoms with E-state index < -0.39 is 0 Å². The average Bonchev–Trinajstić information content (AvgIpc) is 4.01. The summed E-state index contributed by atoms with van der Waals surface area (Å²) in [7, 11) is 0. The van der Waals surface area contributed by atoms with Gasteiger partial charge in [-0.1, -0.05) is 218 Å². The Kier molecular flexibility index (Phi) is 12.4. The van der Waals surface area contributed by atoms with Gasteiger partial charge in [-0.3, -0.25) is 15.0 Å². The molecule has 0 aliphatic carbocycles. The van der Waals surface area contributed by atoms with Gasteiger partial charge in [0.2, 0.25) is 0 Å². The summed E-state index contributed by atoms with van der Waals surface area (Å²) < 4.78 is 2.46. The molecule has 0 unspecified atom stereocenters. The van der Waals surface area contributed by atoms with Crippen molar-refractivity contribution in [2.75, 3.05) is 0 Å². The van der Waals surface area contributed by atoms with Crippen LogP contribution in [0.1, 0.15) is 0 Å². The zero-order chi connectivity index (χ0) is 52.5. The van der Waals surface area contributed by atoms with E-state index in [1.807, 2.05) is 54.2 Å². The molecule has 10 aromatic carbocycles. The zero-order valence-corrected chi connectivity index (χ0v) is 43.9. The fourth-order valence-corrected chi connectivity index (χ4v) is 12.5. The molecule has 0 aliphatic rings. The minimum atomic E-state index is 0.954. The quantitative estimate of drug-likeness (QED) is 0.130. The van der Waals surface area contributed by atoms with Crippen LogP contribution < -0.4 is 0 Å². The molecule has 0 saturated heterocycles. The summed E-state index contributed by atoms with van der Waals surface area (Å²) in [4.78, 5) is 14.4. The maximum Gasteiger partial charge on any atom is 0.0880 e. The molecule has 0 saturated carbocycles. The van der Waals surface area contributed by atoms with Crippen LogP contribution in [0.15, 0.2) is 298 Å². The monoisotopic (exact) mass is 1020 g/mol. The van der Waals surface area contributed by atoms with Gasteiger partial charge in [-0.05, 0) is 150 Å². The van der Waals surface area contributed by atoms with Gasteiger partial charge in [0.05, 0.1) is 21.8 Å². The number of hydrogen-bond donors (Lipinski definition) is 0. The van der Waals surface area contributed by atoms with Crippen molar-refractivity contribution in [3.05, 3.63) is 298 Å². The largest absolute Gasteiger partial charge is 0.256 e. The predicted molar refractivity (Wildman–Crippen MR) is 333 cm³/mol. The molecule has 0 spiro atoms. The van der Waals surface area contributed by atoms with Gasteiger partial charge in [0.25, 0.3) is 0 Å². The van der Waals surface area contributed by atoms with E-state index in [1.165, 1.54) is 31.3 Å². The second-order valence-corrected chi connectivity index (χ2v) is 20.9. The summed E-state index contributed by atoms with van der Waals surface area (Å²) in [6.45, 7) is 0. The number of benzene rings is 10. The Balaban J connectivity index is 0.953. The highest BCUT2D eigenvalue weighted by Gasteiger charge is 2.20. The third kappa shape index (κ3) is 9.20. The molecule has 0 fully saturated rings. The molecule has 0 aliphatic heterocycles. The summed E-state index contributed by atoms with van der Waals surface area (Å²) in [5.41, 5.74) is 24.5. The fraction of sp³-hybridized carbons (Fsp3) is 0. The minimum Gasteiger partial charge on any atom is -0.256 e. The molecule has 0 N–H and O–H groups in total. The van der Waals surface area contributed by atoms with Crippen molar-refractivity contribution in [1.82, 2.24) is 15.0 Å². The highest BCUT2D eigenvalue weighted by molar-refractivity contribution is 7.26. The normalized spacial score (nSPS) is 11.3. The van der Waals surface area contributed by atoms with E-state index in [4.69, 9.17) is 4.98 Å². The maximum absolute atomic E-state index is 5.10. The third-order valence-corrected chi connectivity index (χ3v) is 16.3. The van der Waals surface area contributed by atoms with E-state index in [2.05, 4.69) is 265 Å². The average molecular weight is 1020 g/mol. The van der Waals surface area contributed by atoms with Crippen LogP contribution in [0.2, 0.25) is 0 Å². The Labute approximate surface area is 464 Å². The molecule has 14 aromatic rings. The summed E-state index contributed by atoms with van der Waals surface area (Å²) in [5.74, 6) is 0. The SMILES string of the molecule is c1ccc(-c2ccc(-c3cc(-c4nccc5c4sc4ccccc45)ccc3-c3ccccc3-c3cc(-c4ccccc4-c4ccc(-c5ccccn5)cc4)cc(-c4ccccc4-c4ccc(-c5ccccn5)cc4)c3)cc2)cc1. The zero-order valence-electron chi connectivity index (χ0n) is 43.0. The van der Waals surface area contributed by atoms with E-state index in [0.29, 0.717) is 0 Å². The van der Waals surface area contributed by atoms with Gasteiger partial charge in [-0.15, -0.1) is 11.3 Å². The first-order valence-corrected chi connectivity index (χ1v) is 27.5. The molecule has 0 amide bonds. The smallest absolute Gasteiger partial charge is 0.0880 e. The Morgan fingerprint density at radius 2 is 0.620 bits per heavy atom. The standard InChI is InChI=1S/C75H49N3S/c1-2-16-50(17-3-1)51-28-30-54(31-29-51)70-49-57(74-75-69(42-45-78-74)68-24-10-11-27-73(68)79-75)40-41-67(70)66-23-9-8-22-65(66)60-47-58(63-20-6-4-18-61(63)52-32-36-55(37-33-52)71-25-12-14-43-76-71)46-59(48-60)64-21-7-5-19-62(64)53-34-38-56(39-35-53)72-26-13-15-44-77-72/h1-49H. The van der Waals surface area contributed by atoms with Gasteiger partial charge in [0.1, 0.15) is 0 Å². The van der Waals surface area contributed by atoms with E-state index in [-0.39, 0.29) is 0 Å². The van der Waals surface area contributed by atoms with Gasteiger partial charge in [-0.2, -0.15) is 0 Å². The van der Waals surface area contributed by atoms with Crippen LogP contribution in [0, 0.1) is 0 Å². The highest BCUT2D eigenvalue weighted by Crippen LogP contribution is 2.46. The van der Waals surface area contributed by atoms with Crippen LogP contribution in [0.5, 0.6) is 0 Å². The van der Waals surface area contributed by atoms with E-state index in [0.717, 1.165) is 112 Å². The molecule has 3 nitrogen and oxygen atoms in total. The van der Waals surface area contributed by atoms with Gasteiger partial charge in [-0.25, -0.2) is 0 Å². The van der Waals surface area contributed by atoms with Gasteiger partial charge >= 0.3 is 0 Å². The second-order valence-electron chi connectivity index (χ2n) is 19.9. The van der Waals surface area contributed by atoms with E-state index >= 15 is 0 Å². The van der Waals surface area contributed by atoms with Crippen molar-refractivity contribution in [2.45, 2.75) is 0 Å². The van der Waals surface area contributed by atoms with Gasteiger partial charge < -0.3 is 0 Å². The number of nitrogens with zero attached hydrogens (tertiary/aromatic N) is 3. The number of hydrogen-bond acceptors (Lipinski definition) is 4. The number of thiophene rings is 1. The first-order chi connectivity index (χ1) is 39.2. The van der Waals surface area contributed by atoms with Crippen LogP contribution in [-0.2, 0) is 0 Å². The number of fused-ring (bicyclic) bond motifs is 3. The second kappa shape index (κ2) is 20.8. The van der Waals surface area contributed by atoms with Crippen molar-refractivity contribution in [2.24, 2.45) is 0 Å². The van der Waals surface area contributed by atoms with Crippen LogP contribution in [-0.4, -0.2) is 15.0 Å². The van der Waals surface area contributed by atoms with Crippen LogP contribution >= 0.6 is 11.3 Å². The fourth-order valence-electron chi connectivity index (χ4n) is 11.2. The van der Waals surface area contributed by atoms with Crippen molar-refractivity contribution < 1.29 is 0 Å². The van der Waals surface area contributed by atoms with Crippen LogP contribution in [0.25, 0.3) is 143 Å². The number of pyridine rings is 3. The van der Waals surface area contributed by atoms with Crippen molar-refractivity contribution in [3.8, 4) is 123 Å². The summed E-state index contributed by atoms with van der Waals surface area (Å²) in [6, 6.07) is 101. The Morgan fingerprint density at radius 3 is 1.16 bits per heavy atom. The topological polar surface area (TPSA) is 38.7 Å². The minimum absolute atomic E-state index is 0.954. The lowest BCUT2D eigenvalue weighted by atomic mass is 9.84. The molecule has 79 heavy (non-hydrogen) atoms. The maximum atomic E-state index is 5.10. The molecular formula is C75H49N3S. The molecule has 370 valence electrons. The van der Waals surface area contributed by atoms with Crippen molar-refractivity contribution in [3.63, 3.8) is 0 Å².